The summed E-state index contributed by atoms with van der Waals surface area (Å²) in [6.07, 6.45) is 4.97. The Kier molecular flexibility index (Phi) is 5.70. The monoisotopic (exact) mass is 488 g/mol. The number of aryl methyl sites for hydroxylation is 4. The number of fused-ring (bicyclic) bond motifs is 2. The quantitative estimate of drug-likeness (QED) is 0.296. The van der Waals surface area contributed by atoms with Gasteiger partial charge in [-0.05, 0) is 85.5 Å². The first-order chi connectivity index (χ1) is 16.6. The molecule has 6 rings (SSSR count). The van der Waals surface area contributed by atoms with Gasteiger partial charge in [-0.25, -0.2) is 4.98 Å². The summed E-state index contributed by atoms with van der Waals surface area (Å²) in [5.74, 6) is 0.982. The van der Waals surface area contributed by atoms with Crippen molar-refractivity contribution in [2.75, 3.05) is 36.0 Å². The van der Waals surface area contributed by atoms with Crippen LogP contribution in [0.25, 0.3) is 21.3 Å². The minimum Gasteiger partial charge on any atom is -0.368 e. The Morgan fingerprint density at radius 3 is 2.41 bits per heavy atom. The first-order valence-electron chi connectivity index (χ1n) is 12.2. The van der Waals surface area contributed by atoms with Crippen molar-refractivity contribution in [3.8, 4) is 11.1 Å². The summed E-state index contributed by atoms with van der Waals surface area (Å²) in [5.41, 5.74) is 8.18. The van der Waals surface area contributed by atoms with Crippen LogP contribution in [0.1, 0.15) is 34.4 Å². The van der Waals surface area contributed by atoms with Crippen LogP contribution in [0.3, 0.4) is 0 Å². The van der Waals surface area contributed by atoms with E-state index in [4.69, 9.17) is 16.6 Å². The van der Waals surface area contributed by atoms with Gasteiger partial charge in [0, 0.05) is 42.3 Å². The number of benzene rings is 2. The van der Waals surface area contributed by atoms with Crippen molar-refractivity contribution in [2.45, 2.75) is 39.5 Å². The van der Waals surface area contributed by atoms with E-state index in [0.717, 1.165) is 42.2 Å². The molecule has 0 atom stereocenters. The van der Waals surface area contributed by atoms with Gasteiger partial charge in [-0.1, -0.05) is 30.3 Å². The zero-order valence-corrected chi connectivity index (χ0v) is 21.3. The van der Waals surface area contributed by atoms with Crippen LogP contribution in [-0.2, 0) is 12.8 Å². The van der Waals surface area contributed by atoms with Gasteiger partial charge in [0.05, 0.1) is 5.39 Å². The number of aromatic nitrogens is 2. The molecule has 1 aliphatic heterocycles. The molecule has 2 aliphatic rings. The highest BCUT2D eigenvalue weighted by molar-refractivity contribution is 7.19. The number of halogens is 1. The van der Waals surface area contributed by atoms with Crippen LogP contribution in [0.2, 0.25) is 5.28 Å². The predicted octanol–water partition coefficient (Wildman–Crippen LogP) is 6.83. The fourth-order valence-electron chi connectivity index (χ4n) is 5.53. The van der Waals surface area contributed by atoms with E-state index in [1.165, 1.54) is 64.1 Å². The maximum Gasteiger partial charge on any atom is 0.225 e. The third-order valence-corrected chi connectivity index (χ3v) is 8.43. The molecule has 0 N–H and O–H groups in total. The maximum atomic E-state index is 6.43. The van der Waals surface area contributed by atoms with Gasteiger partial charge in [-0.15, -0.1) is 11.3 Å². The summed E-state index contributed by atoms with van der Waals surface area (Å²) >= 11 is 8.16. The van der Waals surface area contributed by atoms with E-state index in [2.05, 4.69) is 71.1 Å². The van der Waals surface area contributed by atoms with Crippen LogP contribution in [0.4, 0.5) is 11.5 Å². The number of hydrogen-bond acceptors (Lipinski definition) is 5. The van der Waals surface area contributed by atoms with Gasteiger partial charge in [-0.3, -0.25) is 0 Å². The van der Waals surface area contributed by atoms with Crippen LogP contribution in [0, 0.1) is 13.8 Å². The van der Waals surface area contributed by atoms with Gasteiger partial charge in [0.1, 0.15) is 10.6 Å². The van der Waals surface area contributed by atoms with E-state index in [1.54, 1.807) is 11.3 Å². The SMILES string of the molecule is Cc1cccc(N2CCN(c3nc(Cl)nc4sc(C)c(-c5ccc6c(c5)CCCC6)c34)CC2)c1. The van der Waals surface area contributed by atoms with Crippen molar-refractivity contribution in [1.82, 2.24) is 9.97 Å². The van der Waals surface area contributed by atoms with Gasteiger partial charge >= 0.3 is 0 Å². The third-order valence-electron chi connectivity index (χ3n) is 7.26. The highest BCUT2D eigenvalue weighted by Gasteiger charge is 2.25. The molecular formula is C28H29ClN4S. The summed E-state index contributed by atoms with van der Waals surface area (Å²) in [4.78, 5) is 16.6. The Morgan fingerprint density at radius 2 is 1.62 bits per heavy atom. The topological polar surface area (TPSA) is 32.3 Å². The van der Waals surface area contributed by atoms with Crippen LogP contribution < -0.4 is 9.80 Å². The van der Waals surface area contributed by atoms with Gasteiger partial charge in [0.15, 0.2) is 0 Å². The Labute approximate surface area is 210 Å². The zero-order chi connectivity index (χ0) is 23.2. The van der Waals surface area contributed by atoms with Crippen LogP contribution >= 0.6 is 22.9 Å². The summed E-state index contributed by atoms with van der Waals surface area (Å²) in [5, 5.41) is 1.49. The molecule has 174 valence electrons. The van der Waals surface area contributed by atoms with Gasteiger partial charge in [-0.2, -0.15) is 4.98 Å². The molecule has 0 spiro atoms. The van der Waals surface area contributed by atoms with Crippen molar-refractivity contribution >= 4 is 44.7 Å². The molecule has 3 heterocycles. The van der Waals surface area contributed by atoms with Crippen LogP contribution in [-0.4, -0.2) is 36.1 Å². The molecule has 1 saturated heterocycles. The third kappa shape index (κ3) is 3.95. The molecule has 1 aliphatic carbocycles. The van der Waals surface area contributed by atoms with Gasteiger partial charge < -0.3 is 9.80 Å². The Balaban J connectivity index is 1.38. The molecule has 0 bridgehead atoms. The number of nitrogens with zero attached hydrogens (tertiary/aromatic N) is 4. The molecule has 0 radical (unpaired) electrons. The number of rotatable bonds is 3. The molecular weight excluding hydrogens is 460 g/mol. The molecule has 4 nitrogen and oxygen atoms in total. The second kappa shape index (κ2) is 8.86. The van der Waals surface area contributed by atoms with Crippen molar-refractivity contribution < 1.29 is 0 Å². The lowest BCUT2D eigenvalue weighted by molar-refractivity contribution is 0.649. The molecule has 4 aromatic rings. The highest BCUT2D eigenvalue weighted by Crippen LogP contribution is 2.43. The van der Waals surface area contributed by atoms with E-state index in [9.17, 15) is 0 Å². The van der Waals surface area contributed by atoms with Gasteiger partial charge in [0.25, 0.3) is 0 Å². The number of anilines is 2. The Hall–Kier alpha value is -2.63. The minimum atomic E-state index is 0.335. The number of hydrogen-bond donors (Lipinski definition) is 0. The molecule has 34 heavy (non-hydrogen) atoms. The second-order valence-corrected chi connectivity index (χ2v) is 11.1. The Bertz CT molecular complexity index is 1370. The van der Waals surface area contributed by atoms with E-state index >= 15 is 0 Å². The molecule has 0 saturated carbocycles. The van der Waals surface area contributed by atoms with Crippen LogP contribution in [0.15, 0.2) is 42.5 Å². The average molecular weight is 489 g/mol. The molecule has 0 amide bonds. The highest BCUT2D eigenvalue weighted by atomic mass is 35.5. The van der Waals surface area contributed by atoms with Crippen molar-refractivity contribution in [1.29, 1.82) is 0 Å². The molecule has 1 fully saturated rings. The largest absolute Gasteiger partial charge is 0.368 e. The molecule has 2 aromatic carbocycles. The smallest absolute Gasteiger partial charge is 0.225 e. The minimum absolute atomic E-state index is 0.335. The lowest BCUT2D eigenvalue weighted by Crippen LogP contribution is -2.47. The molecule has 2 aromatic heterocycles. The molecule has 6 heteroatoms. The lowest BCUT2D eigenvalue weighted by Gasteiger charge is -2.37. The Morgan fingerprint density at radius 1 is 0.853 bits per heavy atom. The summed E-state index contributed by atoms with van der Waals surface area (Å²) in [6, 6.07) is 15.8. The van der Waals surface area contributed by atoms with E-state index in [-0.39, 0.29) is 0 Å². The summed E-state index contributed by atoms with van der Waals surface area (Å²) in [6.45, 7) is 8.10. The standard InChI is InChI=1S/C28H29ClN4S/c1-18-6-5-9-23(16-18)32-12-14-33(15-13-32)26-25-24(19(2)34-27(25)31-28(29)30-26)22-11-10-20-7-3-4-8-21(20)17-22/h5-6,9-11,16-17H,3-4,7-8,12-15H2,1-2H3. The fraction of sp³-hybridized carbons (Fsp3) is 0.357. The second-order valence-electron chi connectivity index (χ2n) is 9.53. The van der Waals surface area contributed by atoms with E-state index in [1.807, 2.05) is 0 Å². The maximum absolute atomic E-state index is 6.43. The summed E-state index contributed by atoms with van der Waals surface area (Å²) < 4.78 is 0. The fourth-order valence-corrected chi connectivity index (χ4v) is 6.79. The summed E-state index contributed by atoms with van der Waals surface area (Å²) in [7, 11) is 0. The van der Waals surface area contributed by atoms with E-state index in [0.29, 0.717) is 5.28 Å². The lowest BCUT2D eigenvalue weighted by atomic mass is 9.89. The normalized spacial score (nSPS) is 16.2. The predicted molar refractivity (Wildman–Crippen MR) is 145 cm³/mol. The number of piperazine rings is 1. The van der Waals surface area contributed by atoms with Gasteiger partial charge in [0.2, 0.25) is 5.28 Å². The van der Waals surface area contributed by atoms with Crippen molar-refractivity contribution in [3.63, 3.8) is 0 Å². The average Bonchev–Trinajstić information content (AvgIpc) is 3.18. The first kappa shape index (κ1) is 21.9. The van der Waals surface area contributed by atoms with Crippen molar-refractivity contribution in [3.05, 3.63) is 69.3 Å². The van der Waals surface area contributed by atoms with Crippen LogP contribution in [0.5, 0.6) is 0 Å². The number of thiophene rings is 1. The zero-order valence-electron chi connectivity index (χ0n) is 19.8. The van der Waals surface area contributed by atoms with E-state index < -0.39 is 0 Å². The first-order valence-corrected chi connectivity index (χ1v) is 13.4. The molecule has 0 unspecified atom stereocenters. The van der Waals surface area contributed by atoms with Crippen molar-refractivity contribution in [2.24, 2.45) is 0 Å².